The Hall–Kier alpha value is -2.70. The summed E-state index contributed by atoms with van der Waals surface area (Å²) in [4.78, 5) is 7.55. The third-order valence-electron chi connectivity index (χ3n) is 1.93. The third-order valence-corrected chi connectivity index (χ3v) is 1.93. The highest BCUT2D eigenvalue weighted by Gasteiger charge is 1.96. The van der Waals surface area contributed by atoms with Crippen molar-refractivity contribution in [3.63, 3.8) is 0 Å². The normalized spacial score (nSPS) is 9.17. The molecule has 0 amide bonds. The molecule has 7 heteroatoms. The number of rotatable bonds is 1. The van der Waals surface area contributed by atoms with Crippen LogP contribution in [0.1, 0.15) is 0 Å². The van der Waals surface area contributed by atoms with E-state index in [0.717, 1.165) is 0 Å². The smallest absolute Gasteiger partial charge is 0.215 e. The molecule has 7 nitrogen and oxygen atoms in total. The maximum atomic E-state index is 5.40. The summed E-state index contributed by atoms with van der Waals surface area (Å²) >= 11 is 0. The minimum Gasteiger partial charge on any atom is -0.481 e. The fraction of sp³-hybridized carbons (Fsp3) is 0.0909. The second kappa shape index (κ2) is 6.14. The number of methoxy groups -OCH3 is 1. The van der Waals surface area contributed by atoms with Crippen molar-refractivity contribution in [2.75, 3.05) is 30.0 Å². The van der Waals surface area contributed by atoms with E-state index in [1.54, 1.807) is 30.3 Å². The number of aromatic nitrogens is 2. The van der Waals surface area contributed by atoms with Crippen LogP contribution in [0.4, 0.5) is 23.1 Å². The zero-order valence-electron chi connectivity index (χ0n) is 10.00. The number of nitrogen functional groups attached to an aromatic ring is 4. The van der Waals surface area contributed by atoms with Crippen molar-refractivity contribution >= 4 is 23.1 Å². The van der Waals surface area contributed by atoms with Gasteiger partial charge in [-0.05, 0) is 18.2 Å². The van der Waals surface area contributed by atoms with Gasteiger partial charge in [-0.25, -0.2) is 4.98 Å². The number of hydrogen-bond acceptors (Lipinski definition) is 7. The fourth-order valence-electron chi connectivity index (χ4n) is 1.05. The summed E-state index contributed by atoms with van der Waals surface area (Å²) in [6.07, 6.45) is 0. The highest BCUT2D eigenvalue weighted by Crippen LogP contribution is 2.15. The van der Waals surface area contributed by atoms with Gasteiger partial charge in [0.2, 0.25) is 5.88 Å². The van der Waals surface area contributed by atoms with Crippen molar-refractivity contribution in [2.45, 2.75) is 0 Å². The van der Waals surface area contributed by atoms with Crippen LogP contribution < -0.4 is 27.7 Å². The molecule has 0 unspecified atom stereocenters. The molecular formula is C11H16N6O. The maximum Gasteiger partial charge on any atom is 0.215 e. The van der Waals surface area contributed by atoms with Crippen LogP contribution in [-0.4, -0.2) is 17.1 Å². The summed E-state index contributed by atoms with van der Waals surface area (Å²) in [5, 5.41) is 0. The van der Waals surface area contributed by atoms with Crippen molar-refractivity contribution in [1.82, 2.24) is 9.97 Å². The van der Waals surface area contributed by atoms with Gasteiger partial charge >= 0.3 is 0 Å². The molecule has 2 aromatic rings. The van der Waals surface area contributed by atoms with Crippen molar-refractivity contribution in [1.29, 1.82) is 0 Å². The van der Waals surface area contributed by atoms with Gasteiger partial charge in [0, 0.05) is 6.07 Å². The van der Waals surface area contributed by atoms with E-state index in [9.17, 15) is 0 Å². The minimum atomic E-state index is 0.305. The van der Waals surface area contributed by atoms with Gasteiger partial charge in [-0.3, -0.25) is 0 Å². The van der Waals surface area contributed by atoms with Crippen LogP contribution in [0, 0.1) is 0 Å². The molecule has 8 N–H and O–H groups in total. The topological polar surface area (TPSA) is 139 Å². The molecule has 0 aliphatic carbocycles. The van der Waals surface area contributed by atoms with Crippen LogP contribution >= 0.6 is 0 Å². The van der Waals surface area contributed by atoms with Crippen LogP contribution in [0.5, 0.6) is 5.88 Å². The molecule has 96 valence electrons. The van der Waals surface area contributed by atoms with Crippen molar-refractivity contribution < 1.29 is 4.74 Å². The average molecular weight is 248 g/mol. The molecule has 0 atom stereocenters. The summed E-state index contributed by atoms with van der Waals surface area (Å²) in [5.74, 6) is 1.71. The fourth-order valence-corrected chi connectivity index (χ4v) is 1.05. The van der Waals surface area contributed by atoms with Gasteiger partial charge in [0.1, 0.15) is 11.6 Å². The van der Waals surface area contributed by atoms with Gasteiger partial charge in [-0.1, -0.05) is 6.07 Å². The standard InChI is InChI=1S/C6H9N3O.C5H7N3/c1-10-5-3-2-4(7)6(8)9-5;6-4-2-1-3-5(7)8-4/h2-3H,7H2,1H3,(H2,8,9);1-3H,(H4,6,7,8). The van der Waals surface area contributed by atoms with Gasteiger partial charge in [0.15, 0.2) is 5.82 Å². The van der Waals surface area contributed by atoms with E-state index < -0.39 is 0 Å². The van der Waals surface area contributed by atoms with Crippen LogP contribution in [-0.2, 0) is 0 Å². The Kier molecular flexibility index (Phi) is 4.56. The second-order valence-corrected chi connectivity index (χ2v) is 3.32. The highest BCUT2D eigenvalue weighted by atomic mass is 16.5. The SMILES string of the molecule is COc1ccc(N)c(N)n1.Nc1cccc(N)n1. The monoisotopic (exact) mass is 248 g/mol. The summed E-state index contributed by atoms with van der Waals surface area (Å²) in [7, 11) is 1.53. The van der Waals surface area contributed by atoms with Gasteiger partial charge in [0.05, 0.1) is 12.8 Å². The molecule has 0 radical (unpaired) electrons. The number of pyridine rings is 2. The number of anilines is 4. The molecule has 0 aliphatic heterocycles. The number of nitrogens with zero attached hydrogens (tertiary/aromatic N) is 2. The first kappa shape index (κ1) is 13.4. The molecule has 0 saturated carbocycles. The maximum absolute atomic E-state index is 5.40. The largest absolute Gasteiger partial charge is 0.481 e. The number of hydrogen-bond donors (Lipinski definition) is 4. The lowest BCUT2D eigenvalue weighted by atomic mass is 10.4. The quantitative estimate of drug-likeness (QED) is 0.576. The van der Waals surface area contributed by atoms with Crippen LogP contribution in [0.2, 0.25) is 0 Å². The summed E-state index contributed by atoms with van der Waals surface area (Å²) in [5.41, 5.74) is 21.8. The Balaban J connectivity index is 0.000000184. The predicted molar refractivity (Wildman–Crippen MR) is 72.7 cm³/mol. The molecule has 0 aromatic carbocycles. The molecule has 2 heterocycles. The van der Waals surface area contributed by atoms with Crippen LogP contribution in [0.25, 0.3) is 0 Å². The van der Waals surface area contributed by atoms with E-state index in [1.807, 2.05) is 0 Å². The molecule has 0 fully saturated rings. The van der Waals surface area contributed by atoms with E-state index in [-0.39, 0.29) is 0 Å². The lowest BCUT2D eigenvalue weighted by Gasteiger charge is -2.00. The summed E-state index contributed by atoms with van der Waals surface area (Å²) < 4.78 is 4.80. The van der Waals surface area contributed by atoms with Gasteiger partial charge in [0.25, 0.3) is 0 Å². The van der Waals surface area contributed by atoms with E-state index in [4.69, 9.17) is 27.7 Å². The molecule has 18 heavy (non-hydrogen) atoms. The van der Waals surface area contributed by atoms with Crippen molar-refractivity contribution in [2.24, 2.45) is 0 Å². The first-order valence-corrected chi connectivity index (χ1v) is 5.07. The van der Waals surface area contributed by atoms with Gasteiger partial charge in [-0.2, -0.15) is 4.98 Å². The Labute approximate surface area is 105 Å². The summed E-state index contributed by atoms with van der Waals surface area (Å²) in [6.45, 7) is 0. The zero-order valence-corrected chi connectivity index (χ0v) is 10.00. The minimum absolute atomic E-state index is 0.305. The Morgan fingerprint density at radius 1 is 0.889 bits per heavy atom. The molecule has 2 aromatic heterocycles. The second-order valence-electron chi connectivity index (χ2n) is 3.32. The van der Waals surface area contributed by atoms with E-state index in [2.05, 4.69) is 9.97 Å². The molecular weight excluding hydrogens is 232 g/mol. The van der Waals surface area contributed by atoms with Gasteiger partial charge in [-0.15, -0.1) is 0 Å². The van der Waals surface area contributed by atoms with E-state index in [0.29, 0.717) is 29.0 Å². The number of nitrogens with two attached hydrogens (primary N) is 4. The van der Waals surface area contributed by atoms with E-state index in [1.165, 1.54) is 7.11 Å². The van der Waals surface area contributed by atoms with Crippen molar-refractivity contribution in [3.05, 3.63) is 30.3 Å². The van der Waals surface area contributed by atoms with Gasteiger partial charge < -0.3 is 27.7 Å². The molecule has 2 rings (SSSR count). The predicted octanol–water partition coefficient (Wildman–Crippen LogP) is 0.501. The third kappa shape index (κ3) is 4.05. The average Bonchev–Trinajstić information content (AvgIpc) is 2.33. The molecule has 0 saturated heterocycles. The lowest BCUT2D eigenvalue weighted by Crippen LogP contribution is -1.98. The van der Waals surface area contributed by atoms with Crippen LogP contribution in [0.3, 0.4) is 0 Å². The summed E-state index contributed by atoms with van der Waals surface area (Å²) in [6, 6.07) is 8.46. The lowest BCUT2D eigenvalue weighted by molar-refractivity contribution is 0.399. The first-order chi connectivity index (χ1) is 8.52. The molecule has 0 bridgehead atoms. The number of ether oxygens (including phenoxy) is 1. The molecule has 0 aliphatic rings. The first-order valence-electron chi connectivity index (χ1n) is 5.07. The highest BCUT2D eigenvalue weighted by molar-refractivity contribution is 5.58. The van der Waals surface area contributed by atoms with E-state index >= 15 is 0 Å². The molecule has 0 spiro atoms. The Bertz CT molecular complexity index is 499. The van der Waals surface area contributed by atoms with Crippen molar-refractivity contribution in [3.8, 4) is 5.88 Å². The Morgan fingerprint density at radius 3 is 1.89 bits per heavy atom. The van der Waals surface area contributed by atoms with Crippen LogP contribution in [0.15, 0.2) is 30.3 Å². The zero-order chi connectivity index (χ0) is 13.5. The Morgan fingerprint density at radius 2 is 1.50 bits per heavy atom.